The minimum atomic E-state index is -0.0584. The van der Waals surface area contributed by atoms with E-state index < -0.39 is 0 Å². The number of nitrogens with zero attached hydrogens (tertiary/aromatic N) is 1. The number of ether oxygens (including phenoxy) is 1. The lowest BCUT2D eigenvalue weighted by atomic mass is 9.93. The number of hydrogen-bond acceptors (Lipinski definition) is 4. The zero-order valence-corrected chi connectivity index (χ0v) is 11.0. The summed E-state index contributed by atoms with van der Waals surface area (Å²) in [5.74, 6) is 0.681. The summed E-state index contributed by atoms with van der Waals surface area (Å²) < 4.78 is 5.44. The van der Waals surface area contributed by atoms with Gasteiger partial charge >= 0.3 is 0 Å². The van der Waals surface area contributed by atoms with Crippen molar-refractivity contribution in [1.29, 1.82) is 0 Å². The van der Waals surface area contributed by atoms with Crippen molar-refractivity contribution in [3.05, 3.63) is 16.6 Å². The highest BCUT2D eigenvalue weighted by Crippen LogP contribution is 2.46. The zero-order chi connectivity index (χ0) is 11.6. The van der Waals surface area contributed by atoms with E-state index in [0.717, 1.165) is 0 Å². The largest absolute Gasteiger partial charge is 0.382 e. The molecule has 2 rings (SSSR count). The smallest absolute Gasteiger partial charge is 0.115 e. The summed E-state index contributed by atoms with van der Waals surface area (Å²) in [4.78, 5) is 4.50. The van der Waals surface area contributed by atoms with E-state index >= 15 is 0 Å². The third-order valence-corrected chi connectivity index (χ3v) is 3.96. The van der Waals surface area contributed by atoms with Gasteiger partial charge in [-0.2, -0.15) is 0 Å². The minimum Gasteiger partial charge on any atom is -0.382 e. The summed E-state index contributed by atoms with van der Waals surface area (Å²) >= 11 is 1.73. The third-order valence-electron chi connectivity index (χ3n) is 3.01. The second-order valence-corrected chi connectivity index (χ2v) is 5.71. The Bertz CT molecular complexity index is 322. The fourth-order valence-electron chi connectivity index (χ4n) is 2.34. The van der Waals surface area contributed by atoms with Gasteiger partial charge in [-0.25, -0.2) is 4.98 Å². The van der Waals surface area contributed by atoms with Crippen molar-refractivity contribution in [2.24, 2.45) is 5.92 Å². The standard InChI is InChI=1S/C12H20N2OS/c1-9(2)14-12(8-15-3,10-4-5-10)11-13-6-7-16-11/h6-7,9-10,14H,4-5,8H2,1-3H3. The molecule has 1 atom stereocenters. The molecule has 0 aliphatic heterocycles. The van der Waals surface area contributed by atoms with Crippen LogP contribution in [0, 0.1) is 5.92 Å². The molecular weight excluding hydrogens is 220 g/mol. The lowest BCUT2D eigenvalue weighted by molar-refractivity contribution is 0.0862. The van der Waals surface area contributed by atoms with Crippen molar-refractivity contribution in [3.8, 4) is 0 Å². The van der Waals surface area contributed by atoms with Gasteiger partial charge in [0.2, 0.25) is 0 Å². The molecule has 1 N–H and O–H groups in total. The van der Waals surface area contributed by atoms with Crippen molar-refractivity contribution in [1.82, 2.24) is 10.3 Å². The maximum absolute atomic E-state index is 5.44. The van der Waals surface area contributed by atoms with Crippen LogP contribution in [0.4, 0.5) is 0 Å². The van der Waals surface area contributed by atoms with Crippen LogP contribution in [0.1, 0.15) is 31.7 Å². The first-order chi connectivity index (χ1) is 7.69. The van der Waals surface area contributed by atoms with Crippen LogP contribution in [0.3, 0.4) is 0 Å². The molecule has 0 saturated heterocycles. The highest BCUT2D eigenvalue weighted by molar-refractivity contribution is 7.09. The van der Waals surface area contributed by atoms with E-state index in [1.807, 2.05) is 11.6 Å². The van der Waals surface area contributed by atoms with Gasteiger partial charge in [0, 0.05) is 24.7 Å². The van der Waals surface area contributed by atoms with Crippen LogP contribution >= 0.6 is 11.3 Å². The van der Waals surface area contributed by atoms with Gasteiger partial charge in [-0.3, -0.25) is 0 Å². The number of nitrogens with one attached hydrogen (secondary N) is 1. The molecule has 1 aliphatic rings. The van der Waals surface area contributed by atoms with Crippen LogP contribution in [-0.2, 0) is 10.3 Å². The molecule has 0 bridgehead atoms. The highest BCUT2D eigenvalue weighted by atomic mass is 32.1. The molecule has 90 valence electrons. The highest BCUT2D eigenvalue weighted by Gasteiger charge is 2.48. The Kier molecular flexibility index (Phi) is 3.62. The Hall–Kier alpha value is -0.450. The van der Waals surface area contributed by atoms with E-state index in [4.69, 9.17) is 4.74 Å². The summed E-state index contributed by atoms with van der Waals surface area (Å²) in [7, 11) is 1.77. The average Bonchev–Trinajstić information content (AvgIpc) is 2.93. The molecular formula is C12H20N2OS. The first-order valence-electron chi connectivity index (χ1n) is 5.85. The van der Waals surface area contributed by atoms with Gasteiger partial charge in [0.15, 0.2) is 0 Å². The molecule has 1 aromatic heterocycles. The van der Waals surface area contributed by atoms with E-state index in [2.05, 4.69) is 24.1 Å². The van der Waals surface area contributed by atoms with Crippen LogP contribution in [0.5, 0.6) is 0 Å². The zero-order valence-electron chi connectivity index (χ0n) is 10.2. The first kappa shape index (κ1) is 12.0. The number of aromatic nitrogens is 1. The van der Waals surface area contributed by atoms with Crippen molar-refractivity contribution in [2.75, 3.05) is 13.7 Å². The normalized spacial score (nSPS) is 20.0. The molecule has 1 heterocycles. The number of methoxy groups -OCH3 is 1. The van der Waals surface area contributed by atoms with Gasteiger partial charge in [-0.15, -0.1) is 11.3 Å². The maximum atomic E-state index is 5.44. The van der Waals surface area contributed by atoms with E-state index in [9.17, 15) is 0 Å². The molecule has 0 amide bonds. The van der Waals surface area contributed by atoms with E-state index in [1.54, 1.807) is 18.4 Å². The van der Waals surface area contributed by atoms with Crippen molar-refractivity contribution in [2.45, 2.75) is 38.3 Å². The Labute approximate surface area is 101 Å². The first-order valence-corrected chi connectivity index (χ1v) is 6.73. The van der Waals surface area contributed by atoms with Crippen LogP contribution in [0.2, 0.25) is 0 Å². The topological polar surface area (TPSA) is 34.1 Å². The Balaban J connectivity index is 2.28. The lowest BCUT2D eigenvalue weighted by Crippen LogP contribution is -2.51. The molecule has 4 heteroatoms. The average molecular weight is 240 g/mol. The van der Waals surface area contributed by atoms with Gasteiger partial charge < -0.3 is 10.1 Å². The minimum absolute atomic E-state index is 0.0584. The molecule has 1 aromatic rings. The van der Waals surface area contributed by atoms with Crippen molar-refractivity contribution < 1.29 is 4.74 Å². The molecule has 1 aliphatic carbocycles. The lowest BCUT2D eigenvalue weighted by Gasteiger charge is -2.34. The molecule has 0 radical (unpaired) electrons. The number of thiazole rings is 1. The summed E-state index contributed by atoms with van der Waals surface area (Å²) in [5.41, 5.74) is -0.0584. The molecule has 0 spiro atoms. The summed E-state index contributed by atoms with van der Waals surface area (Å²) in [6.07, 6.45) is 4.44. The third kappa shape index (κ3) is 2.29. The van der Waals surface area contributed by atoms with Crippen LogP contribution in [0.15, 0.2) is 11.6 Å². The van der Waals surface area contributed by atoms with Gasteiger partial charge in [-0.1, -0.05) is 0 Å². The van der Waals surface area contributed by atoms with Crippen molar-refractivity contribution in [3.63, 3.8) is 0 Å². The molecule has 0 aromatic carbocycles. The number of rotatable bonds is 6. The van der Waals surface area contributed by atoms with E-state index in [0.29, 0.717) is 18.6 Å². The Morgan fingerprint density at radius 2 is 2.38 bits per heavy atom. The van der Waals surface area contributed by atoms with Gasteiger partial charge in [0.1, 0.15) is 5.01 Å². The summed E-state index contributed by atoms with van der Waals surface area (Å²) in [6.45, 7) is 5.07. The molecule has 1 saturated carbocycles. The fourth-order valence-corrected chi connectivity index (χ4v) is 3.21. The second kappa shape index (κ2) is 4.82. The van der Waals surface area contributed by atoms with E-state index in [-0.39, 0.29) is 5.54 Å². The molecule has 1 fully saturated rings. The SMILES string of the molecule is COCC(NC(C)C)(c1nccs1)C1CC1. The molecule has 1 unspecified atom stereocenters. The van der Waals surface area contributed by atoms with Gasteiger partial charge in [0.25, 0.3) is 0 Å². The van der Waals surface area contributed by atoms with Crippen LogP contribution in [0.25, 0.3) is 0 Å². The van der Waals surface area contributed by atoms with Gasteiger partial charge in [-0.05, 0) is 32.6 Å². The van der Waals surface area contributed by atoms with Crippen LogP contribution < -0.4 is 5.32 Å². The van der Waals surface area contributed by atoms with Gasteiger partial charge in [0.05, 0.1) is 12.1 Å². The maximum Gasteiger partial charge on any atom is 0.115 e. The van der Waals surface area contributed by atoms with Crippen LogP contribution in [-0.4, -0.2) is 24.7 Å². The summed E-state index contributed by atoms with van der Waals surface area (Å²) in [5, 5.41) is 6.90. The van der Waals surface area contributed by atoms with E-state index in [1.165, 1.54) is 17.8 Å². The quantitative estimate of drug-likeness (QED) is 0.829. The second-order valence-electron chi connectivity index (χ2n) is 4.81. The Morgan fingerprint density at radius 1 is 1.62 bits per heavy atom. The summed E-state index contributed by atoms with van der Waals surface area (Å²) in [6, 6.07) is 0.444. The predicted octanol–water partition coefficient (Wildman–Crippen LogP) is 2.39. The molecule has 16 heavy (non-hydrogen) atoms. The monoisotopic (exact) mass is 240 g/mol. The number of hydrogen-bond donors (Lipinski definition) is 1. The fraction of sp³-hybridized carbons (Fsp3) is 0.750. The van der Waals surface area contributed by atoms with Crippen molar-refractivity contribution >= 4 is 11.3 Å². The Morgan fingerprint density at radius 3 is 2.81 bits per heavy atom. The predicted molar refractivity (Wildman–Crippen MR) is 66.7 cm³/mol. The molecule has 3 nitrogen and oxygen atoms in total.